The van der Waals surface area contributed by atoms with E-state index in [0.29, 0.717) is 11.4 Å². The summed E-state index contributed by atoms with van der Waals surface area (Å²) < 4.78 is 0. The number of nitrogens with zero attached hydrogens (tertiary/aromatic N) is 1. The number of anilines is 1. The zero-order valence-electron chi connectivity index (χ0n) is 12.1. The number of aryl methyl sites for hydroxylation is 1. The fourth-order valence-electron chi connectivity index (χ4n) is 2.28. The topological polar surface area (TPSA) is 80.0 Å². The molecule has 1 aromatic rings. The molecule has 4 N–H and O–H groups in total. The number of nitrogen functional groups attached to an aromatic ring is 1. The van der Waals surface area contributed by atoms with Crippen molar-refractivity contribution in [3.05, 3.63) is 23.4 Å². The molecule has 0 aromatic carbocycles. The number of hydrazine groups is 1. The Hall–Kier alpha value is -1.62. The molecule has 0 unspecified atom stereocenters. The van der Waals surface area contributed by atoms with Gasteiger partial charge in [0.2, 0.25) is 0 Å². The van der Waals surface area contributed by atoms with Gasteiger partial charge in [-0.2, -0.15) is 0 Å². The van der Waals surface area contributed by atoms with E-state index < -0.39 is 0 Å². The van der Waals surface area contributed by atoms with E-state index in [2.05, 4.69) is 22.7 Å². The van der Waals surface area contributed by atoms with Gasteiger partial charge in [0.05, 0.1) is 0 Å². The Morgan fingerprint density at radius 3 is 2.90 bits per heavy atom. The first-order chi connectivity index (χ1) is 9.72. The van der Waals surface area contributed by atoms with Crippen molar-refractivity contribution in [2.24, 2.45) is 11.8 Å². The van der Waals surface area contributed by atoms with Gasteiger partial charge in [0, 0.05) is 17.8 Å². The van der Waals surface area contributed by atoms with Crippen LogP contribution in [0.1, 0.15) is 55.1 Å². The second-order valence-corrected chi connectivity index (χ2v) is 5.47. The number of carbonyl (C=O) groups is 1. The number of aromatic nitrogens is 1. The summed E-state index contributed by atoms with van der Waals surface area (Å²) in [7, 11) is 0. The van der Waals surface area contributed by atoms with Crippen molar-refractivity contribution in [3.8, 4) is 0 Å². The third-order valence-corrected chi connectivity index (χ3v) is 3.57. The van der Waals surface area contributed by atoms with E-state index in [1.54, 1.807) is 6.07 Å². The molecule has 1 aromatic heterocycles. The standard InChI is InChI=1S/C15H24N4O/c1-2-4-13-9-12(10-14(18-13)19-16)15(20)17-8-3-5-11-6-7-11/h9-11H,2-8,16H2,1H3,(H,17,20)(H,18,19). The van der Waals surface area contributed by atoms with E-state index >= 15 is 0 Å². The number of pyridine rings is 1. The van der Waals surface area contributed by atoms with E-state index in [0.717, 1.165) is 37.4 Å². The quantitative estimate of drug-likeness (QED) is 0.386. The lowest BCUT2D eigenvalue weighted by atomic mass is 10.1. The van der Waals surface area contributed by atoms with Crippen LogP contribution in [0.25, 0.3) is 0 Å². The molecule has 0 aliphatic heterocycles. The lowest BCUT2D eigenvalue weighted by Crippen LogP contribution is -2.25. The van der Waals surface area contributed by atoms with Crippen LogP contribution in [-0.2, 0) is 6.42 Å². The van der Waals surface area contributed by atoms with Gasteiger partial charge in [0.1, 0.15) is 5.82 Å². The maximum atomic E-state index is 12.1. The Bertz CT molecular complexity index is 457. The fourth-order valence-corrected chi connectivity index (χ4v) is 2.28. The van der Waals surface area contributed by atoms with Crippen molar-refractivity contribution in [1.82, 2.24) is 10.3 Å². The molecule has 0 spiro atoms. The maximum Gasteiger partial charge on any atom is 0.251 e. The average molecular weight is 276 g/mol. The number of carbonyl (C=O) groups excluding carboxylic acids is 1. The minimum Gasteiger partial charge on any atom is -0.352 e. The Morgan fingerprint density at radius 2 is 2.25 bits per heavy atom. The highest BCUT2D eigenvalue weighted by molar-refractivity contribution is 5.94. The van der Waals surface area contributed by atoms with E-state index in [1.165, 1.54) is 19.3 Å². The van der Waals surface area contributed by atoms with Crippen LogP contribution in [0.4, 0.5) is 5.82 Å². The van der Waals surface area contributed by atoms with Gasteiger partial charge in [-0.15, -0.1) is 0 Å². The van der Waals surface area contributed by atoms with Gasteiger partial charge in [0.25, 0.3) is 5.91 Å². The van der Waals surface area contributed by atoms with Crippen molar-refractivity contribution < 1.29 is 4.79 Å². The molecule has 20 heavy (non-hydrogen) atoms. The molecule has 1 fully saturated rings. The molecule has 110 valence electrons. The smallest absolute Gasteiger partial charge is 0.251 e. The van der Waals surface area contributed by atoms with Gasteiger partial charge in [-0.25, -0.2) is 10.8 Å². The molecule has 0 bridgehead atoms. The van der Waals surface area contributed by atoms with Gasteiger partial charge in [-0.05, 0) is 37.3 Å². The van der Waals surface area contributed by atoms with Crippen LogP contribution < -0.4 is 16.6 Å². The van der Waals surface area contributed by atoms with E-state index in [9.17, 15) is 4.79 Å². The number of rotatable bonds is 8. The zero-order valence-corrected chi connectivity index (χ0v) is 12.1. The first kappa shape index (κ1) is 14.8. The normalized spacial score (nSPS) is 14.1. The van der Waals surface area contributed by atoms with E-state index in [-0.39, 0.29) is 5.91 Å². The van der Waals surface area contributed by atoms with Crippen molar-refractivity contribution >= 4 is 11.7 Å². The van der Waals surface area contributed by atoms with Crippen LogP contribution in [0.15, 0.2) is 12.1 Å². The summed E-state index contributed by atoms with van der Waals surface area (Å²) in [6.07, 6.45) is 6.86. The van der Waals surface area contributed by atoms with Crippen LogP contribution in [-0.4, -0.2) is 17.4 Å². The molecule has 5 nitrogen and oxygen atoms in total. The van der Waals surface area contributed by atoms with E-state index in [1.807, 2.05) is 6.07 Å². The molecular weight excluding hydrogens is 252 g/mol. The number of nitrogens with two attached hydrogens (primary N) is 1. The van der Waals surface area contributed by atoms with Crippen LogP contribution in [0.2, 0.25) is 0 Å². The summed E-state index contributed by atoms with van der Waals surface area (Å²) in [5.41, 5.74) is 4.04. The summed E-state index contributed by atoms with van der Waals surface area (Å²) in [4.78, 5) is 16.5. The number of hydrogen-bond donors (Lipinski definition) is 3. The Labute approximate surface area is 120 Å². The Kier molecular flexibility index (Phi) is 5.35. The van der Waals surface area contributed by atoms with Crippen LogP contribution in [0.3, 0.4) is 0 Å². The number of hydrogen-bond acceptors (Lipinski definition) is 4. The van der Waals surface area contributed by atoms with Gasteiger partial charge in [-0.1, -0.05) is 26.2 Å². The molecule has 1 aliphatic rings. The highest BCUT2D eigenvalue weighted by atomic mass is 16.1. The van der Waals surface area contributed by atoms with Crippen molar-refractivity contribution in [2.45, 2.75) is 45.4 Å². The highest BCUT2D eigenvalue weighted by Crippen LogP contribution is 2.33. The van der Waals surface area contributed by atoms with Gasteiger partial charge >= 0.3 is 0 Å². The van der Waals surface area contributed by atoms with Crippen molar-refractivity contribution in [2.75, 3.05) is 12.0 Å². The largest absolute Gasteiger partial charge is 0.352 e. The molecule has 1 saturated carbocycles. The van der Waals surface area contributed by atoms with E-state index in [4.69, 9.17) is 5.84 Å². The number of nitrogens with one attached hydrogen (secondary N) is 2. The fraction of sp³-hybridized carbons (Fsp3) is 0.600. The van der Waals surface area contributed by atoms with Crippen molar-refractivity contribution in [3.63, 3.8) is 0 Å². The molecule has 0 atom stereocenters. The minimum atomic E-state index is -0.0444. The molecule has 0 radical (unpaired) electrons. The van der Waals surface area contributed by atoms with Crippen LogP contribution in [0, 0.1) is 5.92 Å². The van der Waals surface area contributed by atoms with Crippen LogP contribution >= 0.6 is 0 Å². The van der Waals surface area contributed by atoms with Crippen molar-refractivity contribution in [1.29, 1.82) is 0 Å². The lowest BCUT2D eigenvalue weighted by molar-refractivity contribution is 0.0952. The van der Waals surface area contributed by atoms with Gasteiger partial charge in [0.15, 0.2) is 0 Å². The number of amides is 1. The van der Waals surface area contributed by atoms with Gasteiger partial charge in [-0.3, -0.25) is 4.79 Å². The molecule has 0 saturated heterocycles. The maximum absolute atomic E-state index is 12.1. The Balaban J connectivity index is 1.90. The predicted molar refractivity (Wildman–Crippen MR) is 80.3 cm³/mol. The molecule has 1 aliphatic carbocycles. The lowest BCUT2D eigenvalue weighted by Gasteiger charge is -2.09. The summed E-state index contributed by atoms with van der Waals surface area (Å²) >= 11 is 0. The zero-order chi connectivity index (χ0) is 14.4. The highest BCUT2D eigenvalue weighted by Gasteiger charge is 2.20. The average Bonchev–Trinajstić information content (AvgIpc) is 3.27. The Morgan fingerprint density at radius 1 is 1.45 bits per heavy atom. The first-order valence-corrected chi connectivity index (χ1v) is 7.48. The molecule has 2 rings (SSSR count). The molecule has 1 amide bonds. The molecular formula is C15H24N4O. The van der Waals surface area contributed by atoms with Crippen LogP contribution in [0.5, 0.6) is 0 Å². The first-order valence-electron chi connectivity index (χ1n) is 7.48. The second-order valence-electron chi connectivity index (χ2n) is 5.47. The predicted octanol–water partition coefficient (Wildman–Crippen LogP) is 2.24. The SMILES string of the molecule is CCCc1cc(C(=O)NCCCC2CC2)cc(NN)n1. The third-order valence-electron chi connectivity index (χ3n) is 3.57. The third kappa shape index (κ3) is 4.49. The van der Waals surface area contributed by atoms with Gasteiger partial charge < -0.3 is 10.7 Å². The summed E-state index contributed by atoms with van der Waals surface area (Å²) in [5.74, 6) is 6.81. The summed E-state index contributed by atoms with van der Waals surface area (Å²) in [6, 6.07) is 3.54. The minimum absolute atomic E-state index is 0.0444. The second kappa shape index (κ2) is 7.24. The monoisotopic (exact) mass is 276 g/mol. The summed E-state index contributed by atoms with van der Waals surface area (Å²) in [6.45, 7) is 2.83. The molecule has 1 heterocycles. The summed E-state index contributed by atoms with van der Waals surface area (Å²) in [5, 5.41) is 2.97. The molecule has 5 heteroatoms.